The van der Waals surface area contributed by atoms with Gasteiger partial charge in [-0.3, -0.25) is 9.78 Å². The van der Waals surface area contributed by atoms with E-state index in [2.05, 4.69) is 5.32 Å². The zero-order valence-corrected chi connectivity index (χ0v) is 12.3. The van der Waals surface area contributed by atoms with Crippen LogP contribution in [0.25, 0.3) is 0 Å². The highest BCUT2D eigenvalue weighted by Gasteiger charge is 2.32. The van der Waals surface area contributed by atoms with Crippen molar-refractivity contribution < 1.29 is 18.7 Å². The van der Waals surface area contributed by atoms with Crippen molar-refractivity contribution in [2.75, 3.05) is 14.2 Å². The van der Waals surface area contributed by atoms with Crippen LogP contribution >= 0.6 is 0 Å². The average molecular weight is 315 g/mol. The molecule has 1 aromatic heterocycles. The minimum Gasteiger partial charge on any atom is -0.381 e. The van der Waals surface area contributed by atoms with E-state index in [0.717, 1.165) is 6.42 Å². The molecular formula is C13H18FN3O5. The number of methoxy groups -OCH3 is 2. The van der Waals surface area contributed by atoms with Gasteiger partial charge in [0, 0.05) is 20.6 Å². The molecule has 1 heterocycles. The fraction of sp³-hybridized carbons (Fsp3) is 0.615. The van der Waals surface area contributed by atoms with Crippen molar-refractivity contribution in [2.45, 2.75) is 37.5 Å². The number of amides is 1. The molecule has 1 aliphatic rings. The molecule has 3 atom stereocenters. The zero-order chi connectivity index (χ0) is 16.3. The van der Waals surface area contributed by atoms with Crippen LogP contribution in [0.4, 0.5) is 9.18 Å². The van der Waals surface area contributed by atoms with Gasteiger partial charge in [0.2, 0.25) is 5.82 Å². The molecule has 3 unspecified atom stereocenters. The van der Waals surface area contributed by atoms with E-state index in [1.807, 2.05) is 0 Å². The lowest BCUT2D eigenvalue weighted by atomic mass is 9.90. The summed E-state index contributed by atoms with van der Waals surface area (Å²) in [5, 5.41) is 2.62. The molecule has 22 heavy (non-hydrogen) atoms. The highest BCUT2D eigenvalue weighted by molar-refractivity contribution is 5.76. The quantitative estimate of drug-likeness (QED) is 0.805. The van der Waals surface area contributed by atoms with E-state index in [1.165, 1.54) is 7.11 Å². The van der Waals surface area contributed by atoms with Gasteiger partial charge in [0.25, 0.3) is 5.56 Å². The van der Waals surface area contributed by atoms with Crippen molar-refractivity contribution in [3.8, 4) is 0 Å². The predicted molar refractivity (Wildman–Crippen MR) is 74.4 cm³/mol. The van der Waals surface area contributed by atoms with E-state index < -0.39 is 23.1 Å². The van der Waals surface area contributed by atoms with Gasteiger partial charge in [0.05, 0.1) is 24.4 Å². The summed E-state index contributed by atoms with van der Waals surface area (Å²) in [5.74, 6) is -1.21. The summed E-state index contributed by atoms with van der Waals surface area (Å²) in [4.78, 5) is 36.3. The first-order valence-electron chi connectivity index (χ1n) is 6.84. The molecule has 8 nitrogen and oxygen atoms in total. The number of carbonyl (C=O) groups excluding carboxylic acids is 1. The molecule has 1 fully saturated rings. The topological polar surface area (TPSA) is 102 Å². The number of hydrogen-bond donors (Lipinski definition) is 2. The molecule has 0 radical (unpaired) electrons. The van der Waals surface area contributed by atoms with Gasteiger partial charge < -0.3 is 14.8 Å². The average Bonchev–Trinajstić information content (AvgIpc) is 2.51. The van der Waals surface area contributed by atoms with Crippen LogP contribution < -0.4 is 16.6 Å². The number of halogens is 1. The second-order valence-corrected chi connectivity index (χ2v) is 5.11. The highest BCUT2D eigenvalue weighted by atomic mass is 19.1. The monoisotopic (exact) mass is 315 g/mol. The Kier molecular flexibility index (Phi) is 5.09. The maximum atomic E-state index is 13.2. The second kappa shape index (κ2) is 6.84. The standard InChI is InChI=1S/C13H18FN3O5/c1-21-7-3-4-9(10(5-7)22-2)15-12(19)17-6-8(14)11(18)16-13(17)20/h6-7,9-10H,3-5H2,1-2H3,(H,15,19)(H,16,18,20). The molecule has 1 amide bonds. The first kappa shape index (κ1) is 16.4. The van der Waals surface area contributed by atoms with Crippen LogP contribution in [0.15, 0.2) is 15.8 Å². The van der Waals surface area contributed by atoms with Crippen molar-refractivity contribution in [3.63, 3.8) is 0 Å². The Bertz CT molecular complexity index is 656. The van der Waals surface area contributed by atoms with Crippen molar-refractivity contribution in [3.05, 3.63) is 32.9 Å². The fourth-order valence-electron chi connectivity index (χ4n) is 2.56. The summed E-state index contributed by atoms with van der Waals surface area (Å²) in [6.07, 6.45) is 2.28. The van der Waals surface area contributed by atoms with E-state index >= 15 is 0 Å². The minimum atomic E-state index is -1.21. The molecule has 1 saturated carbocycles. The maximum Gasteiger partial charge on any atom is 0.336 e. The minimum absolute atomic E-state index is 0.0475. The molecule has 0 bridgehead atoms. The van der Waals surface area contributed by atoms with Gasteiger partial charge in [-0.05, 0) is 12.8 Å². The second-order valence-electron chi connectivity index (χ2n) is 5.11. The Morgan fingerprint density at radius 2 is 2.09 bits per heavy atom. The number of nitrogens with zero attached hydrogens (tertiary/aromatic N) is 1. The van der Waals surface area contributed by atoms with E-state index in [1.54, 1.807) is 12.1 Å². The summed E-state index contributed by atoms with van der Waals surface area (Å²) >= 11 is 0. The van der Waals surface area contributed by atoms with Gasteiger partial charge in [0.15, 0.2) is 0 Å². The number of nitrogens with one attached hydrogen (secondary N) is 2. The highest BCUT2D eigenvalue weighted by Crippen LogP contribution is 2.23. The van der Waals surface area contributed by atoms with Crippen LogP contribution in [-0.2, 0) is 9.47 Å². The number of rotatable bonds is 3. The fourth-order valence-corrected chi connectivity index (χ4v) is 2.56. The van der Waals surface area contributed by atoms with Gasteiger partial charge >= 0.3 is 11.7 Å². The zero-order valence-electron chi connectivity index (χ0n) is 12.3. The molecule has 1 aliphatic carbocycles. The SMILES string of the molecule is COC1CCC(NC(=O)n2cc(F)c(=O)[nH]c2=O)C(OC)C1. The predicted octanol–water partition coefficient (Wildman–Crippen LogP) is -0.184. The van der Waals surface area contributed by atoms with Crippen molar-refractivity contribution in [1.29, 1.82) is 0 Å². The molecule has 2 N–H and O–H groups in total. The third-order valence-corrected chi connectivity index (χ3v) is 3.81. The Balaban J connectivity index is 2.13. The van der Waals surface area contributed by atoms with E-state index in [-0.39, 0.29) is 18.2 Å². The number of ether oxygens (including phenoxy) is 2. The summed E-state index contributed by atoms with van der Waals surface area (Å²) in [6, 6.07) is -1.14. The number of carbonyl (C=O) groups is 1. The largest absolute Gasteiger partial charge is 0.381 e. The maximum absolute atomic E-state index is 13.2. The summed E-state index contributed by atoms with van der Waals surface area (Å²) in [7, 11) is 3.13. The number of H-pyrrole nitrogens is 1. The van der Waals surface area contributed by atoms with Crippen molar-refractivity contribution in [2.24, 2.45) is 0 Å². The molecule has 9 heteroatoms. The normalized spacial score (nSPS) is 25.0. The third-order valence-electron chi connectivity index (χ3n) is 3.81. The Labute approximate surface area is 125 Å². The van der Waals surface area contributed by atoms with Crippen LogP contribution in [0.1, 0.15) is 19.3 Å². The number of aromatic nitrogens is 2. The lowest BCUT2D eigenvalue weighted by Gasteiger charge is -2.34. The molecule has 0 aliphatic heterocycles. The number of aromatic amines is 1. The van der Waals surface area contributed by atoms with Crippen LogP contribution in [0, 0.1) is 5.82 Å². The van der Waals surface area contributed by atoms with Gasteiger partial charge in [-0.25, -0.2) is 14.2 Å². The first-order chi connectivity index (χ1) is 10.5. The van der Waals surface area contributed by atoms with Gasteiger partial charge in [-0.2, -0.15) is 4.39 Å². The molecular weight excluding hydrogens is 297 g/mol. The van der Waals surface area contributed by atoms with Crippen molar-refractivity contribution >= 4 is 6.03 Å². The third kappa shape index (κ3) is 3.42. The molecule has 0 aromatic carbocycles. The van der Waals surface area contributed by atoms with E-state index in [9.17, 15) is 18.8 Å². The molecule has 2 rings (SSSR count). The lowest BCUT2D eigenvalue weighted by molar-refractivity contribution is -0.0250. The van der Waals surface area contributed by atoms with E-state index in [0.29, 0.717) is 23.6 Å². The smallest absolute Gasteiger partial charge is 0.336 e. The Hall–Kier alpha value is -2.00. The Morgan fingerprint density at radius 1 is 1.36 bits per heavy atom. The summed E-state index contributed by atoms with van der Waals surface area (Å²) in [6.45, 7) is 0. The van der Waals surface area contributed by atoms with Crippen LogP contribution in [-0.4, -0.2) is 48.1 Å². The van der Waals surface area contributed by atoms with Crippen LogP contribution in [0.3, 0.4) is 0 Å². The van der Waals surface area contributed by atoms with Gasteiger partial charge in [0.1, 0.15) is 0 Å². The lowest BCUT2D eigenvalue weighted by Crippen LogP contribution is -2.52. The van der Waals surface area contributed by atoms with Crippen molar-refractivity contribution in [1.82, 2.24) is 14.9 Å². The number of hydrogen-bond acceptors (Lipinski definition) is 5. The summed E-state index contributed by atoms with van der Waals surface area (Å²) in [5.41, 5.74) is -2.16. The molecule has 122 valence electrons. The van der Waals surface area contributed by atoms with Crippen LogP contribution in [0.5, 0.6) is 0 Å². The summed E-state index contributed by atoms with van der Waals surface area (Å²) < 4.78 is 24.3. The molecule has 1 aromatic rings. The Morgan fingerprint density at radius 3 is 2.73 bits per heavy atom. The molecule has 0 saturated heterocycles. The molecule has 0 spiro atoms. The van der Waals surface area contributed by atoms with Gasteiger partial charge in [-0.15, -0.1) is 0 Å². The first-order valence-corrected chi connectivity index (χ1v) is 6.84. The van der Waals surface area contributed by atoms with Crippen LogP contribution in [0.2, 0.25) is 0 Å². The van der Waals surface area contributed by atoms with Gasteiger partial charge in [-0.1, -0.05) is 0 Å². The van der Waals surface area contributed by atoms with E-state index in [4.69, 9.17) is 9.47 Å².